The Morgan fingerprint density at radius 2 is 2.00 bits per heavy atom. The average Bonchev–Trinajstić information content (AvgIpc) is 2.81. The highest BCUT2D eigenvalue weighted by molar-refractivity contribution is 5.42. The van der Waals surface area contributed by atoms with E-state index in [1.165, 1.54) is 38.8 Å². The van der Waals surface area contributed by atoms with Crippen molar-refractivity contribution >= 4 is 5.69 Å². The van der Waals surface area contributed by atoms with E-state index >= 15 is 0 Å². The maximum absolute atomic E-state index is 5.71. The van der Waals surface area contributed by atoms with Gasteiger partial charge in [-0.1, -0.05) is 18.8 Å². The molecule has 1 aliphatic carbocycles. The summed E-state index contributed by atoms with van der Waals surface area (Å²) in [4.78, 5) is 6.70. The van der Waals surface area contributed by atoms with E-state index < -0.39 is 0 Å². The van der Waals surface area contributed by atoms with Gasteiger partial charge in [-0.2, -0.15) is 0 Å². The van der Waals surface area contributed by atoms with Crippen LogP contribution in [0.5, 0.6) is 0 Å². The Hall–Kier alpha value is -1.53. The summed E-state index contributed by atoms with van der Waals surface area (Å²) in [5, 5.41) is 0. The van der Waals surface area contributed by atoms with E-state index in [1.54, 1.807) is 12.3 Å². The van der Waals surface area contributed by atoms with Crippen LogP contribution in [0.3, 0.4) is 0 Å². The number of likely N-dealkylation sites (tertiary alicyclic amines) is 1. The smallest absolute Gasteiger partial charge is 0.115 e. The predicted octanol–water partition coefficient (Wildman–Crippen LogP) is 2.14. The highest BCUT2D eigenvalue weighted by Gasteiger charge is 2.33. The van der Waals surface area contributed by atoms with Gasteiger partial charge in [0, 0.05) is 25.0 Å². The lowest BCUT2D eigenvalue weighted by molar-refractivity contribution is 0.299. The Bertz CT molecular complexity index is 486. The lowest BCUT2D eigenvalue weighted by atomic mass is 9.82. The van der Waals surface area contributed by atoms with E-state index in [1.807, 2.05) is 6.07 Å². The molecule has 1 aromatic rings. The first kappa shape index (κ1) is 12.5. The van der Waals surface area contributed by atoms with Crippen molar-refractivity contribution in [1.29, 1.82) is 0 Å². The third-order valence-electron chi connectivity index (χ3n) is 4.36. The van der Waals surface area contributed by atoms with E-state index in [9.17, 15) is 0 Å². The van der Waals surface area contributed by atoms with Gasteiger partial charge in [0.2, 0.25) is 0 Å². The normalized spacial score (nSPS) is 26.5. The molecule has 1 aromatic heterocycles. The van der Waals surface area contributed by atoms with Crippen molar-refractivity contribution in [3.05, 3.63) is 24.0 Å². The van der Waals surface area contributed by atoms with Gasteiger partial charge >= 0.3 is 0 Å². The van der Waals surface area contributed by atoms with E-state index in [4.69, 9.17) is 5.73 Å². The van der Waals surface area contributed by atoms with Gasteiger partial charge in [0.1, 0.15) is 5.69 Å². The van der Waals surface area contributed by atoms with Gasteiger partial charge in [-0.25, -0.2) is 4.98 Å². The zero-order chi connectivity index (χ0) is 13.1. The van der Waals surface area contributed by atoms with Crippen molar-refractivity contribution in [2.45, 2.75) is 25.7 Å². The summed E-state index contributed by atoms with van der Waals surface area (Å²) < 4.78 is 0. The van der Waals surface area contributed by atoms with Crippen LogP contribution in [0.2, 0.25) is 0 Å². The Morgan fingerprint density at radius 1 is 1.26 bits per heavy atom. The highest BCUT2D eigenvalue weighted by Crippen LogP contribution is 2.35. The minimum Gasteiger partial charge on any atom is -0.399 e. The van der Waals surface area contributed by atoms with Crippen molar-refractivity contribution in [1.82, 2.24) is 9.88 Å². The van der Waals surface area contributed by atoms with Gasteiger partial charge in [-0.15, -0.1) is 0 Å². The molecule has 2 atom stereocenters. The van der Waals surface area contributed by atoms with Gasteiger partial charge in [-0.3, -0.25) is 4.90 Å². The van der Waals surface area contributed by atoms with Gasteiger partial charge in [-0.05, 0) is 42.7 Å². The summed E-state index contributed by atoms with van der Waals surface area (Å²) in [5.41, 5.74) is 7.22. The Kier molecular flexibility index (Phi) is 3.70. The fourth-order valence-electron chi connectivity index (χ4n) is 3.39. The molecule has 0 unspecified atom stereocenters. The fourth-order valence-corrected chi connectivity index (χ4v) is 3.39. The topological polar surface area (TPSA) is 42.1 Å². The van der Waals surface area contributed by atoms with Gasteiger partial charge in [0.05, 0.1) is 6.54 Å². The number of hydrogen-bond acceptors (Lipinski definition) is 3. The minimum absolute atomic E-state index is 0.728. The number of nitrogens with zero attached hydrogens (tertiary/aromatic N) is 2. The summed E-state index contributed by atoms with van der Waals surface area (Å²) in [6, 6.07) is 3.62. The standard InChI is InChI=1S/C16H21N3/c17-15-7-8-18-16(10-15)6-3-9-19-11-13-4-1-2-5-14(13)12-19/h7-8,10,13-14H,1-2,4-5,9,11-12H2,(H2,17,18)/t13-,14+. The monoisotopic (exact) mass is 255 g/mol. The number of anilines is 1. The number of fused-ring (bicyclic) bond motifs is 1. The van der Waals surface area contributed by atoms with E-state index in [0.29, 0.717) is 0 Å². The Balaban J connectivity index is 1.56. The lowest BCUT2D eigenvalue weighted by Crippen LogP contribution is -2.21. The van der Waals surface area contributed by atoms with Crippen LogP contribution in [0.4, 0.5) is 5.69 Å². The molecular weight excluding hydrogens is 234 g/mol. The van der Waals surface area contributed by atoms with Crippen molar-refractivity contribution < 1.29 is 0 Å². The maximum atomic E-state index is 5.71. The SMILES string of the molecule is Nc1ccnc(C#CCN2C[C@H]3CCCC[C@H]3C2)c1. The number of nitrogen functional groups attached to an aromatic ring is 1. The molecule has 19 heavy (non-hydrogen) atoms. The fraction of sp³-hybridized carbons (Fsp3) is 0.562. The molecule has 2 N–H and O–H groups in total. The quantitative estimate of drug-likeness (QED) is 0.782. The molecule has 100 valence electrons. The second-order valence-electron chi connectivity index (χ2n) is 5.77. The second-order valence-corrected chi connectivity index (χ2v) is 5.77. The highest BCUT2D eigenvalue weighted by atomic mass is 15.1. The molecule has 1 saturated heterocycles. The summed E-state index contributed by atoms with van der Waals surface area (Å²) in [5.74, 6) is 8.21. The number of nitrogens with two attached hydrogens (primary N) is 1. The lowest BCUT2D eigenvalue weighted by Gasteiger charge is -2.23. The van der Waals surface area contributed by atoms with E-state index in [0.717, 1.165) is 29.8 Å². The zero-order valence-corrected chi connectivity index (χ0v) is 11.3. The molecule has 3 heteroatoms. The van der Waals surface area contributed by atoms with Crippen LogP contribution in [0.25, 0.3) is 0 Å². The summed E-state index contributed by atoms with van der Waals surface area (Å²) >= 11 is 0. The first-order chi connectivity index (χ1) is 9.31. The number of pyridine rings is 1. The van der Waals surface area contributed by atoms with Crippen LogP contribution < -0.4 is 5.73 Å². The molecule has 3 nitrogen and oxygen atoms in total. The first-order valence-corrected chi connectivity index (χ1v) is 7.24. The summed E-state index contributed by atoms with van der Waals surface area (Å²) in [7, 11) is 0. The third kappa shape index (κ3) is 3.08. The molecule has 0 radical (unpaired) electrons. The molecule has 2 fully saturated rings. The molecule has 0 amide bonds. The molecule has 3 rings (SSSR count). The van der Waals surface area contributed by atoms with Gasteiger partial charge < -0.3 is 5.73 Å². The summed E-state index contributed by atoms with van der Waals surface area (Å²) in [6.45, 7) is 3.34. The van der Waals surface area contributed by atoms with Gasteiger partial charge in [0.15, 0.2) is 0 Å². The Morgan fingerprint density at radius 3 is 2.68 bits per heavy atom. The average molecular weight is 255 g/mol. The molecule has 1 aliphatic heterocycles. The van der Waals surface area contributed by atoms with Crippen molar-refractivity contribution in [3.63, 3.8) is 0 Å². The molecule has 2 aliphatic rings. The second kappa shape index (κ2) is 5.63. The van der Waals surface area contributed by atoms with Crippen LogP contribution in [-0.4, -0.2) is 29.5 Å². The molecule has 2 heterocycles. The molecule has 0 spiro atoms. The maximum Gasteiger partial charge on any atom is 0.115 e. The van der Waals surface area contributed by atoms with Crippen molar-refractivity contribution in [3.8, 4) is 11.8 Å². The van der Waals surface area contributed by atoms with Crippen molar-refractivity contribution in [2.24, 2.45) is 11.8 Å². The zero-order valence-electron chi connectivity index (χ0n) is 11.3. The number of rotatable bonds is 1. The van der Waals surface area contributed by atoms with Crippen molar-refractivity contribution in [2.75, 3.05) is 25.4 Å². The third-order valence-corrected chi connectivity index (χ3v) is 4.36. The molecular formula is C16H21N3. The molecule has 0 aromatic carbocycles. The molecule has 0 bridgehead atoms. The predicted molar refractivity (Wildman–Crippen MR) is 77.4 cm³/mol. The van der Waals surface area contributed by atoms with Gasteiger partial charge in [0.25, 0.3) is 0 Å². The largest absolute Gasteiger partial charge is 0.399 e. The van der Waals surface area contributed by atoms with E-state index in [-0.39, 0.29) is 0 Å². The minimum atomic E-state index is 0.728. The van der Waals surface area contributed by atoms with E-state index in [2.05, 4.69) is 21.7 Å². The van der Waals surface area contributed by atoms with Crippen LogP contribution in [-0.2, 0) is 0 Å². The number of hydrogen-bond donors (Lipinski definition) is 1. The first-order valence-electron chi connectivity index (χ1n) is 7.24. The Labute approximate surface area is 115 Å². The van der Waals surface area contributed by atoms with Crippen LogP contribution in [0.1, 0.15) is 31.4 Å². The number of aromatic nitrogens is 1. The van der Waals surface area contributed by atoms with Crippen LogP contribution >= 0.6 is 0 Å². The van der Waals surface area contributed by atoms with Crippen LogP contribution in [0, 0.1) is 23.7 Å². The van der Waals surface area contributed by atoms with Crippen LogP contribution in [0.15, 0.2) is 18.3 Å². The molecule has 1 saturated carbocycles. The summed E-state index contributed by atoms with van der Waals surface area (Å²) in [6.07, 6.45) is 7.41.